The number of hydrogen-bond acceptors (Lipinski definition) is 5. The van der Waals surface area contributed by atoms with Crippen LogP contribution < -0.4 is 10.6 Å². The quantitative estimate of drug-likeness (QED) is 0.527. The van der Waals surface area contributed by atoms with Crippen molar-refractivity contribution in [2.24, 2.45) is 0 Å². The molecule has 0 spiro atoms. The van der Waals surface area contributed by atoms with Crippen LogP contribution in [0.15, 0.2) is 79.1 Å². The second-order valence-corrected chi connectivity index (χ2v) is 6.64. The molecule has 7 heteroatoms. The Morgan fingerprint density at radius 2 is 1.79 bits per heavy atom. The van der Waals surface area contributed by atoms with Gasteiger partial charge in [0.2, 0.25) is 5.91 Å². The van der Waals surface area contributed by atoms with E-state index in [0.717, 1.165) is 22.5 Å². The molecule has 2 aromatic heterocycles. The molecule has 2 aromatic carbocycles. The first-order valence-corrected chi connectivity index (χ1v) is 9.22. The van der Waals surface area contributed by atoms with Gasteiger partial charge in [-0.3, -0.25) is 4.79 Å². The first kappa shape index (κ1) is 18.4. The number of hydrogen-bond donors (Lipinski definition) is 2. The van der Waals surface area contributed by atoms with Crippen molar-refractivity contribution in [2.75, 3.05) is 10.6 Å². The lowest BCUT2D eigenvalue weighted by Crippen LogP contribution is -2.14. The van der Waals surface area contributed by atoms with E-state index < -0.39 is 0 Å². The number of nitrogens with one attached hydrogen (secondary N) is 2. The normalized spacial score (nSPS) is 10.5. The van der Waals surface area contributed by atoms with Gasteiger partial charge in [-0.05, 0) is 55.0 Å². The highest BCUT2D eigenvalue weighted by Gasteiger charge is 2.05. The first-order chi connectivity index (χ1) is 14.2. The highest BCUT2D eigenvalue weighted by Crippen LogP contribution is 2.18. The molecule has 29 heavy (non-hydrogen) atoms. The van der Waals surface area contributed by atoms with Crippen LogP contribution in [-0.2, 0) is 11.2 Å². The molecule has 144 valence electrons. The fourth-order valence-electron chi connectivity index (χ4n) is 2.92. The molecule has 0 atom stereocenters. The Kier molecular flexibility index (Phi) is 5.29. The lowest BCUT2D eigenvalue weighted by Gasteiger charge is -2.09. The van der Waals surface area contributed by atoms with E-state index in [1.807, 2.05) is 79.9 Å². The Balaban J connectivity index is 1.34. The summed E-state index contributed by atoms with van der Waals surface area (Å²) in [6.45, 7) is 2.02. The van der Waals surface area contributed by atoms with Gasteiger partial charge in [-0.15, -0.1) is 10.2 Å². The summed E-state index contributed by atoms with van der Waals surface area (Å²) >= 11 is 0. The first-order valence-electron chi connectivity index (χ1n) is 9.22. The molecule has 0 aliphatic carbocycles. The SMILES string of the molecule is Cc1cccc(CC(=O)Nc2ccc(Nc3ccc(-n4cccn4)nn3)cc2)c1. The number of carbonyl (C=O) groups is 1. The summed E-state index contributed by atoms with van der Waals surface area (Å²) in [7, 11) is 0. The second kappa shape index (κ2) is 8.35. The van der Waals surface area contributed by atoms with Crippen LogP contribution in [0.2, 0.25) is 0 Å². The minimum Gasteiger partial charge on any atom is -0.339 e. The van der Waals surface area contributed by atoms with Crippen molar-refractivity contribution in [2.45, 2.75) is 13.3 Å². The zero-order valence-electron chi connectivity index (χ0n) is 15.9. The van der Waals surface area contributed by atoms with Crippen molar-refractivity contribution in [1.82, 2.24) is 20.0 Å². The van der Waals surface area contributed by atoms with E-state index in [2.05, 4.69) is 25.9 Å². The topological polar surface area (TPSA) is 84.7 Å². The number of aryl methyl sites for hydroxylation is 1. The van der Waals surface area contributed by atoms with Crippen molar-refractivity contribution in [3.8, 4) is 5.82 Å². The van der Waals surface area contributed by atoms with Gasteiger partial charge in [0.25, 0.3) is 0 Å². The molecule has 7 nitrogen and oxygen atoms in total. The van der Waals surface area contributed by atoms with Crippen LogP contribution in [0.5, 0.6) is 0 Å². The largest absolute Gasteiger partial charge is 0.339 e. The van der Waals surface area contributed by atoms with E-state index in [4.69, 9.17) is 0 Å². The average Bonchev–Trinajstić information content (AvgIpc) is 3.25. The lowest BCUT2D eigenvalue weighted by atomic mass is 10.1. The van der Waals surface area contributed by atoms with Crippen molar-refractivity contribution in [3.63, 3.8) is 0 Å². The molecular formula is C22H20N6O. The maximum absolute atomic E-state index is 12.2. The molecule has 2 heterocycles. The maximum Gasteiger partial charge on any atom is 0.228 e. The van der Waals surface area contributed by atoms with Crippen LogP contribution in [0.25, 0.3) is 5.82 Å². The third kappa shape index (κ3) is 4.84. The van der Waals surface area contributed by atoms with Crippen molar-refractivity contribution in [1.29, 1.82) is 0 Å². The maximum atomic E-state index is 12.2. The number of rotatable bonds is 6. The van der Waals surface area contributed by atoms with Gasteiger partial charge in [0.1, 0.15) is 0 Å². The summed E-state index contributed by atoms with van der Waals surface area (Å²) < 4.78 is 1.64. The Labute approximate surface area is 168 Å². The Bertz CT molecular complexity index is 1090. The molecule has 0 saturated heterocycles. The van der Waals surface area contributed by atoms with Crippen LogP contribution in [0, 0.1) is 6.92 Å². The van der Waals surface area contributed by atoms with Crippen LogP contribution in [0.4, 0.5) is 17.2 Å². The molecule has 0 aliphatic rings. The molecule has 1 amide bonds. The van der Waals surface area contributed by atoms with Crippen LogP contribution in [0.1, 0.15) is 11.1 Å². The van der Waals surface area contributed by atoms with Gasteiger partial charge in [-0.1, -0.05) is 29.8 Å². The third-order valence-electron chi connectivity index (χ3n) is 4.28. The molecule has 4 aromatic rings. The number of amides is 1. The zero-order valence-corrected chi connectivity index (χ0v) is 15.9. The van der Waals surface area contributed by atoms with E-state index >= 15 is 0 Å². The molecular weight excluding hydrogens is 364 g/mol. The van der Waals surface area contributed by atoms with Crippen LogP contribution in [-0.4, -0.2) is 25.9 Å². The van der Waals surface area contributed by atoms with Gasteiger partial charge in [0.15, 0.2) is 11.6 Å². The number of anilines is 3. The Morgan fingerprint density at radius 3 is 2.48 bits per heavy atom. The fourth-order valence-corrected chi connectivity index (χ4v) is 2.92. The molecule has 0 bridgehead atoms. The number of nitrogens with zero attached hydrogens (tertiary/aromatic N) is 4. The summed E-state index contributed by atoms with van der Waals surface area (Å²) in [5.41, 5.74) is 3.74. The average molecular weight is 384 g/mol. The molecule has 0 radical (unpaired) electrons. The number of aromatic nitrogens is 4. The highest BCUT2D eigenvalue weighted by molar-refractivity contribution is 5.92. The van der Waals surface area contributed by atoms with E-state index in [1.165, 1.54) is 0 Å². The molecule has 0 saturated carbocycles. The van der Waals surface area contributed by atoms with Crippen molar-refractivity contribution >= 4 is 23.1 Å². The molecule has 2 N–H and O–H groups in total. The Morgan fingerprint density at radius 1 is 0.966 bits per heavy atom. The lowest BCUT2D eigenvalue weighted by molar-refractivity contribution is -0.115. The van der Waals surface area contributed by atoms with E-state index in [0.29, 0.717) is 18.1 Å². The number of benzene rings is 2. The van der Waals surface area contributed by atoms with Crippen molar-refractivity contribution in [3.05, 3.63) is 90.3 Å². The van der Waals surface area contributed by atoms with Crippen LogP contribution >= 0.6 is 0 Å². The third-order valence-corrected chi connectivity index (χ3v) is 4.28. The van der Waals surface area contributed by atoms with E-state index in [1.54, 1.807) is 10.9 Å². The van der Waals surface area contributed by atoms with Crippen molar-refractivity contribution < 1.29 is 4.79 Å². The highest BCUT2D eigenvalue weighted by atomic mass is 16.1. The van der Waals surface area contributed by atoms with Gasteiger partial charge in [-0.25, -0.2) is 4.68 Å². The fraction of sp³-hybridized carbons (Fsp3) is 0.0909. The minimum atomic E-state index is -0.0450. The molecule has 0 aliphatic heterocycles. The standard InChI is InChI=1S/C22H20N6O/c1-16-4-2-5-17(14-16)15-22(29)25-19-8-6-18(7-9-19)24-20-10-11-21(27-26-20)28-13-3-12-23-28/h2-14H,15H2,1H3,(H,24,26)(H,25,29). The van der Waals surface area contributed by atoms with Gasteiger partial charge in [0, 0.05) is 23.8 Å². The van der Waals surface area contributed by atoms with E-state index in [-0.39, 0.29) is 5.91 Å². The summed E-state index contributed by atoms with van der Waals surface area (Å²) in [6, 6.07) is 20.9. The van der Waals surface area contributed by atoms with E-state index in [9.17, 15) is 4.79 Å². The monoisotopic (exact) mass is 384 g/mol. The summed E-state index contributed by atoms with van der Waals surface area (Å²) in [5, 5.41) is 18.5. The minimum absolute atomic E-state index is 0.0450. The predicted molar refractivity (Wildman–Crippen MR) is 112 cm³/mol. The van der Waals surface area contributed by atoms with Crippen LogP contribution in [0.3, 0.4) is 0 Å². The Hall–Kier alpha value is -4.00. The number of carbonyl (C=O) groups excluding carboxylic acids is 1. The predicted octanol–water partition coefficient (Wildman–Crippen LogP) is 3.90. The zero-order chi connectivity index (χ0) is 20.1. The summed E-state index contributed by atoms with van der Waals surface area (Å²) in [6.07, 6.45) is 3.85. The summed E-state index contributed by atoms with van der Waals surface area (Å²) in [5.74, 6) is 1.22. The smallest absolute Gasteiger partial charge is 0.228 e. The van der Waals surface area contributed by atoms with Gasteiger partial charge in [0.05, 0.1) is 6.42 Å². The molecule has 0 fully saturated rings. The summed E-state index contributed by atoms with van der Waals surface area (Å²) in [4.78, 5) is 12.2. The van der Waals surface area contributed by atoms with Gasteiger partial charge >= 0.3 is 0 Å². The molecule has 4 rings (SSSR count). The molecule has 0 unspecified atom stereocenters. The van der Waals surface area contributed by atoms with Gasteiger partial charge < -0.3 is 10.6 Å². The van der Waals surface area contributed by atoms with Gasteiger partial charge in [-0.2, -0.15) is 5.10 Å². The second-order valence-electron chi connectivity index (χ2n) is 6.64.